The number of amides is 1. The van der Waals surface area contributed by atoms with Gasteiger partial charge in [0, 0.05) is 33.2 Å². The Hall–Kier alpha value is -2.79. The minimum atomic E-state index is -0.0409. The Kier molecular flexibility index (Phi) is 8.86. The Bertz CT molecular complexity index is 1280. The summed E-state index contributed by atoms with van der Waals surface area (Å²) in [5, 5.41) is 1.20. The molecule has 0 N–H and O–H groups in total. The molecule has 1 amide bonds. The van der Waals surface area contributed by atoms with Crippen LogP contribution >= 0.6 is 39.1 Å². The molecule has 0 saturated heterocycles. The molecule has 4 rings (SSSR count). The molecule has 3 nitrogen and oxygen atoms in total. The summed E-state index contributed by atoms with van der Waals surface area (Å²) < 4.78 is 6.76. The van der Waals surface area contributed by atoms with Crippen LogP contribution in [-0.2, 0) is 19.6 Å². The van der Waals surface area contributed by atoms with E-state index in [1.54, 1.807) is 6.07 Å². The summed E-state index contributed by atoms with van der Waals surface area (Å²) in [6.45, 7) is 1.49. The van der Waals surface area contributed by atoms with Gasteiger partial charge in [-0.15, -0.1) is 0 Å². The van der Waals surface area contributed by atoms with Crippen LogP contribution in [0.3, 0.4) is 0 Å². The number of carbonyl (C=O) groups is 1. The van der Waals surface area contributed by atoms with E-state index in [0.717, 1.165) is 26.9 Å². The van der Waals surface area contributed by atoms with Gasteiger partial charge in [-0.3, -0.25) is 4.79 Å². The smallest absolute Gasteiger partial charge is 0.254 e. The van der Waals surface area contributed by atoms with Crippen LogP contribution in [0.25, 0.3) is 0 Å². The molecule has 0 bridgehead atoms. The number of carbonyl (C=O) groups excluding carboxylic acids is 1. The SMILES string of the molecule is O=C(c1cccc(Br)c1)N(CCc1ccc(Cl)cc1Cl)Cc1ccc(OCc2ccccc2)cc1. The predicted molar refractivity (Wildman–Crippen MR) is 146 cm³/mol. The van der Waals surface area contributed by atoms with Gasteiger partial charge < -0.3 is 9.64 Å². The third-order valence-electron chi connectivity index (χ3n) is 5.57. The quantitative estimate of drug-likeness (QED) is 0.203. The highest BCUT2D eigenvalue weighted by molar-refractivity contribution is 9.10. The fourth-order valence-corrected chi connectivity index (χ4v) is 4.59. The van der Waals surface area contributed by atoms with Crippen molar-refractivity contribution in [1.29, 1.82) is 0 Å². The van der Waals surface area contributed by atoms with Crippen LogP contribution < -0.4 is 4.74 Å². The van der Waals surface area contributed by atoms with Crippen molar-refractivity contribution in [2.75, 3.05) is 6.54 Å². The second-order valence-corrected chi connectivity index (χ2v) is 9.90. The Morgan fingerprint density at radius 3 is 2.31 bits per heavy atom. The van der Waals surface area contributed by atoms with Crippen molar-refractivity contribution in [1.82, 2.24) is 4.90 Å². The van der Waals surface area contributed by atoms with Gasteiger partial charge in [0.1, 0.15) is 12.4 Å². The van der Waals surface area contributed by atoms with Crippen LogP contribution in [0, 0.1) is 0 Å². The molecule has 0 aromatic heterocycles. The second kappa shape index (κ2) is 12.3. The van der Waals surface area contributed by atoms with Crippen molar-refractivity contribution >= 4 is 45.0 Å². The van der Waals surface area contributed by atoms with Crippen LogP contribution in [-0.4, -0.2) is 17.4 Å². The lowest BCUT2D eigenvalue weighted by Gasteiger charge is -2.24. The number of halogens is 3. The fraction of sp³-hybridized carbons (Fsp3) is 0.138. The number of hydrogen-bond acceptors (Lipinski definition) is 2. The molecule has 0 aliphatic carbocycles. The van der Waals surface area contributed by atoms with Gasteiger partial charge in [-0.05, 0) is 65.6 Å². The average Bonchev–Trinajstić information content (AvgIpc) is 2.87. The van der Waals surface area contributed by atoms with E-state index >= 15 is 0 Å². The van der Waals surface area contributed by atoms with E-state index in [4.69, 9.17) is 27.9 Å². The molecule has 4 aromatic rings. The first-order valence-corrected chi connectivity index (χ1v) is 12.8. The lowest BCUT2D eigenvalue weighted by Crippen LogP contribution is -2.32. The molecule has 0 saturated carbocycles. The van der Waals surface area contributed by atoms with Crippen molar-refractivity contribution in [2.24, 2.45) is 0 Å². The van der Waals surface area contributed by atoms with E-state index < -0.39 is 0 Å². The monoisotopic (exact) mass is 567 g/mol. The standard InChI is InChI=1S/C29H24BrCl2NO2/c30-25-8-4-7-24(17-25)29(34)33(16-15-23-11-12-26(31)18-28(23)32)19-21-9-13-27(14-10-21)35-20-22-5-2-1-3-6-22/h1-14,17-18H,15-16,19-20H2. The molecule has 35 heavy (non-hydrogen) atoms. The highest BCUT2D eigenvalue weighted by Gasteiger charge is 2.17. The molecule has 0 aliphatic heterocycles. The normalized spacial score (nSPS) is 10.7. The van der Waals surface area contributed by atoms with Crippen LogP contribution in [0.5, 0.6) is 5.75 Å². The largest absolute Gasteiger partial charge is 0.489 e. The first-order chi connectivity index (χ1) is 17.0. The molecule has 4 aromatic carbocycles. The summed E-state index contributed by atoms with van der Waals surface area (Å²) in [6.07, 6.45) is 0.619. The molecular formula is C29H24BrCl2NO2. The van der Waals surface area contributed by atoms with E-state index in [1.807, 2.05) is 95.9 Å². The molecule has 0 aliphatic rings. The van der Waals surface area contributed by atoms with Crippen molar-refractivity contribution in [3.63, 3.8) is 0 Å². The van der Waals surface area contributed by atoms with Gasteiger partial charge in [0.2, 0.25) is 0 Å². The zero-order chi connectivity index (χ0) is 24.6. The van der Waals surface area contributed by atoms with E-state index in [9.17, 15) is 4.79 Å². The topological polar surface area (TPSA) is 29.5 Å². The number of rotatable bonds is 9. The summed E-state index contributed by atoms with van der Waals surface area (Å²) in [7, 11) is 0. The highest BCUT2D eigenvalue weighted by Crippen LogP contribution is 2.23. The van der Waals surface area contributed by atoms with Crippen LogP contribution in [0.15, 0.2) is 102 Å². The third kappa shape index (κ3) is 7.35. The summed E-state index contributed by atoms with van der Waals surface area (Å²) in [6, 6.07) is 30.8. The average molecular weight is 569 g/mol. The van der Waals surface area contributed by atoms with Gasteiger partial charge in [0.25, 0.3) is 5.91 Å². The van der Waals surface area contributed by atoms with Crippen molar-refractivity contribution < 1.29 is 9.53 Å². The molecule has 0 radical (unpaired) electrons. The van der Waals surface area contributed by atoms with E-state index in [1.165, 1.54) is 0 Å². The second-order valence-electron chi connectivity index (χ2n) is 8.14. The van der Waals surface area contributed by atoms with Gasteiger partial charge >= 0.3 is 0 Å². The Morgan fingerprint density at radius 2 is 1.60 bits per heavy atom. The maximum absolute atomic E-state index is 13.4. The maximum atomic E-state index is 13.4. The van der Waals surface area contributed by atoms with Crippen LogP contribution in [0.1, 0.15) is 27.0 Å². The van der Waals surface area contributed by atoms with E-state index in [-0.39, 0.29) is 5.91 Å². The first kappa shape index (κ1) is 25.3. The minimum Gasteiger partial charge on any atom is -0.489 e. The Labute approximate surface area is 224 Å². The number of hydrogen-bond donors (Lipinski definition) is 0. The molecule has 0 heterocycles. The molecular weight excluding hydrogens is 545 g/mol. The van der Waals surface area contributed by atoms with Gasteiger partial charge in [0.05, 0.1) is 0 Å². The van der Waals surface area contributed by atoms with E-state index in [0.29, 0.717) is 41.7 Å². The van der Waals surface area contributed by atoms with Gasteiger partial charge in [0.15, 0.2) is 0 Å². The molecule has 178 valence electrons. The van der Waals surface area contributed by atoms with Gasteiger partial charge in [-0.25, -0.2) is 0 Å². The Balaban J connectivity index is 1.47. The predicted octanol–water partition coefficient (Wildman–Crippen LogP) is 8.22. The van der Waals surface area contributed by atoms with Crippen molar-refractivity contribution in [2.45, 2.75) is 19.6 Å². The van der Waals surface area contributed by atoms with E-state index in [2.05, 4.69) is 15.9 Å². The third-order valence-corrected chi connectivity index (χ3v) is 6.65. The molecule has 0 fully saturated rings. The zero-order valence-corrected chi connectivity index (χ0v) is 22.1. The van der Waals surface area contributed by atoms with Gasteiger partial charge in [-0.2, -0.15) is 0 Å². The molecule has 0 atom stereocenters. The lowest BCUT2D eigenvalue weighted by atomic mass is 10.1. The van der Waals surface area contributed by atoms with Crippen LogP contribution in [0.4, 0.5) is 0 Å². The number of benzene rings is 4. The zero-order valence-electron chi connectivity index (χ0n) is 19.0. The highest BCUT2D eigenvalue weighted by atomic mass is 79.9. The van der Waals surface area contributed by atoms with Crippen molar-refractivity contribution in [3.8, 4) is 5.75 Å². The summed E-state index contributed by atoms with van der Waals surface area (Å²) >= 11 is 15.9. The molecule has 6 heteroatoms. The first-order valence-electron chi connectivity index (χ1n) is 11.2. The minimum absolute atomic E-state index is 0.0409. The molecule has 0 unspecified atom stereocenters. The van der Waals surface area contributed by atoms with Gasteiger partial charge in [-0.1, -0.05) is 93.7 Å². The summed E-state index contributed by atoms with van der Waals surface area (Å²) in [5.41, 5.74) is 3.71. The number of ether oxygens (including phenoxy) is 1. The summed E-state index contributed by atoms with van der Waals surface area (Å²) in [4.78, 5) is 15.3. The maximum Gasteiger partial charge on any atom is 0.254 e. The Morgan fingerprint density at radius 1 is 0.829 bits per heavy atom. The summed E-state index contributed by atoms with van der Waals surface area (Å²) in [5.74, 6) is 0.746. The van der Waals surface area contributed by atoms with Crippen LogP contribution in [0.2, 0.25) is 10.0 Å². The molecule has 0 spiro atoms. The lowest BCUT2D eigenvalue weighted by molar-refractivity contribution is 0.0745. The fourth-order valence-electron chi connectivity index (χ4n) is 3.69. The number of nitrogens with zero attached hydrogens (tertiary/aromatic N) is 1. The van der Waals surface area contributed by atoms with Crippen molar-refractivity contribution in [3.05, 3.63) is 134 Å².